The Labute approximate surface area is 87.0 Å². The zero-order valence-corrected chi connectivity index (χ0v) is 10.0. The summed E-state index contributed by atoms with van der Waals surface area (Å²) in [6, 6.07) is 0. The molecule has 14 heavy (non-hydrogen) atoms. The van der Waals surface area contributed by atoms with Gasteiger partial charge in [0.15, 0.2) is 0 Å². The number of hydrogen-bond donors (Lipinski definition) is 2. The molecular formula is C10H23O3P. The molecule has 0 amide bonds. The maximum Gasteiger partial charge on any atom is 0.202 e. The molecule has 0 radical (unpaired) electrons. The Kier molecular flexibility index (Phi) is 8.55. The third-order valence-electron chi connectivity index (χ3n) is 2.31. The van der Waals surface area contributed by atoms with E-state index in [2.05, 4.69) is 6.92 Å². The standard InChI is InChI=1S/C10H23O3P/c1-2-3-4-5-6-7-9-14(12,13)10-8-11/h11H,2-10H2,1H3,(H,12,13). The van der Waals surface area contributed by atoms with Crippen molar-refractivity contribution in [1.82, 2.24) is 0 Å². The molecule has 0 fully saturated rings. The van der Waals surface area contributed by atoms with E-state index in [-0.39, 0.29) is 12.8 Å². The molecule has 0 bridgehead atoms. The highest BCUT2D eigenvalue weighted by Crippen LogP contribution is 2.40. The average Bonchev–Trinajstić information content (AvgIpc) is 2.11. The Morgan fingerprint density at radius 1 is 1.00 bits per heavy atom. The van der Waals surface area contributed by atoms with Crippen LogP contribution in [0.3, 0.4) is 0 Å². The summed E-state index contributed by atoms with van der Waals surface area (Å²) in [5.74, 6) is 0. The van der Waals surface area contributed by atoms with Gasteiger partial charge in [-0.05, 0) is 6.42 Å². The van der Waals surface area contributed by atoms with Crippen LogP contribution in [0.5, 0.6) is 0 Å². The molecule has 0 rings (SSSR count). The molecule has 4 heteroatoms. The van der Waals surface area contributed by atoms with Crippen molar-refractivity contribution in [1.29, 1.82) is 0 Å². The van der Waals surface area contributed by atoms with Crippen molar-refractivity contribution in [3.05, 3.63) is 0 Å². The van der Waals surface area contributed by atoms with Crippen LogP contribution in [0.4, 0.5) is 0 Å². The minimum Gasteiger partial charge on any atom is -0.396 e. The summed E-state index contributed by atoms with van der Waals surface area (Å²) in [6.45, 7) is 1.99. The summed E-state index contributed by atoms with van der Waals surface area (Å²) in [4.78, 5) is 9.31. The molecule has 0 saturated carbocycles. The Balaban J connectivity index is 3.30. The molecule has 0 aromatic carbocycles. The van der Waals surface area contributed by atoms with Crippen LogP contribution >= 0.6 is 7.37 Å². The zero-order chi connectivity index (χ0) is 10.9. The molecule has 0 saturated heterocycles. The van der Waals surface area contributed by atoms with Crippen molar-refractivity contribution in [2.75, 3.05) is 18.9 Å². The lowest BCUT2D eigenvalue weighted by molar-refractivity contribution is 0.314. The number of unbranched alkanes of at least 4 members (excludes halogenated alkanes) is 5. The minimum absolute atomic E-state index is 0.0575. The molecule has 0 spiro atoms. The van der Waals surface area contributed by atoms with Crippen molar-refractivity contribution >= 4 is 7.37 Å². The highest BCUT2D eigenvalue weighted by atomic mass is 31.2. The fourth-order valence-electron chi connectivity index (χ4n) is 1.41. The predicted octanol–water partition coefficient (Wildman–Crippen LogP) is 2.61. The first-order chi connectivity index (χ1) is 6.62. The summed E-state index contributed by atoms with van der Waals surface area (Å²) in [6.07, 6.45) is 7.16. The van der Waals surface area contributed by atoms with E-state index < -0.39 is 7.37 Å². The highest BCUT2D eigenvalue weighted by molar-refractivity contribution is 7.58. The normalized spacial score (nSPS) is 15.4. The van der Waals surface area contributed by atoms with E-state index in [0.717, 1.165) is 19.3 Å². The maximum absolute atomic E-state index is 11.3. The van der Waals surface area contributed by atoms with Gasteiger partial charge in [-0.1, -0.05) is 39.0 Å². The molecule has 1 unspecified atom stereocenters. The van der Waals surface area contributed by atoms with Crippen LogP contribution in [0.1, 0.15) is 45.4 Å². The topological polar surface area (TPSA) is 57.5 Å². The van der Waals surface area contributed by atoms with Crippen molar-refractivity contribution < 1.29 is 14.6 Å². The Morgan fingerprint density at radius 2 is 1.57 bits per heavy atom. The minimum atomic E-state index is -3.00. The van der Waals surface area contributed by atoms with Crippen LogP contribution in [0.25, 0.3) is 0 Å². The van der Waals surface area contributed by atoms with Gasteiger partial charge in [0.1, 0.15) is 0 Å². The molecule has 0 aromatic rings. The molecule has 86 valence electrons. The second kappa shape index (κ2) is 8.46. The zero-order valence-electron chi connectivity index (χ0n) is 9.11. The van der Waals surface area contributed by atoms with E-state index in [9.17, 15) is 9.46 Å². The van der Waals surface area contributed by atoms with Gasteiger partial charge in [0.25, 0.3) is 0 Å². The third-order valence-corrected chi connectivity index (χ3v) is 4.22. The van der Waals surface area contributed by atoms with Crippen LogP contribution in [-0.4, -0.2) is 28.9 Å². The van der Waals surface area contributed by atoms with E-state index in [1.54, 1.807) is 0 Å². The fraction of sp³-hybridized carbons (Fsp3) is 1.00. The summed E-state index contributed by atoms with van der Waals surface area (Å²) < 4.78 is 11.3. The van der Waals surface area contributed by atoms with Gasteiger partial charge >= 0.3 is 0 Å². The van der Waals surface area contributed by atoms with E-state index in [0.29, 0.717) is 6.16 Å². The molecule has 0 aliphatic heterocycles. The fourth-order valence-corrected chi connectivity index (χ4v) is 2.66. The summed E-state index contributed by atoms with van der Waals surface area (Å²) >= 11 is 0. The molecule has 0 aromatic heterocycles. The lowest BCUT2D eigenvalue weighted by atomic mass is 10.1. The van der Waals surface area contributed by atoms with Crippen molar-refractivity contribution in [3.63, 3.8) is 0 Å². The quantitative estimate of drug-likeness (QED) is 0.465. The third kappa shape index (κ3) is 8.74. The first-order valence-corrected chi connectivity index (χ1v) is 7.57. The lowest BCUT2D eigenvalue weighted by Crippen LogP contribution is -1.98. The second-order valence-corrected chi connectivity index (χ2v) is 6.37. The maximum atomic E-state index is 11.3. The van der Waals surface area contributed by atoms with Gasteiger partial charge in [-0.25, -0.2) is 0 Å². The smallest absolute Gasteiger partial charge is 0.202 e. The molecule has 3 nitrogen and oxygen atoms in total. The second-order valence-electron chi connectivity index (χ2n) is 3.78. The predicted molar refractivity (Wildman–Crippen MR) is 60.0 cm³/mol. The molecule has 0 heterocycles. The van der Waals surface area contributed by atoms with Gasteiger partial charge < -0.3 is 10.00 Å². The number of aliphatic hydroxyl groups excluding tert-OH is 1. The first kappa shape index (κ1) is 14.2. The van der Waals surface area contributed by atoms with Crippen molar-refractivity contribution in [3.8, 4) is 0 Å². The summed E-state index contributed by atoms with van der Waals surface area (Å²) in [5, 5.41) is 8.54. The van der Waals surface area contributed by atoms with Crippen LogP contribution < -0.4 is 0 Å². The summed E-state index contributed by atoms with van der Waals surface area (Å²) in [5.41, 5.74) is 0. The van der Waals surface area contributed by atoms with E-state index in [4.69, 9.17) is 5.11 Å². The molecular weight excluding hydrogens is 199 g/mol. The Morgan fingerprint density at radius 3 is 2.14 bits per heavy atom. The van der Waals surface area contributed by atoms with Crippen LogP contribution in [-0.2, 0) is 4.57 Å². The van der Waals surface area contributed by atoms with Gasteiger partial charge in [-0.15, -0.1) is 0 Å². The highest BCUT2D eigenvalue weighted by Gasteiger charge is 2.15. The molecule has 1 atom stereocenters. The van der Waals surface area contributed by atoms with Crippen molar-refractivity contribution in [2.45, 2.75) is 45.4 Å². The molecule has 0 aliphatic carbocycles. The van der Waals surface area contributed by atoms with Gasteiger partial charge in [-0.2, -0.15) is 0 Å². The number of aliphatic hydroxyl groups is 1. The molecule has 0 aliphatic rings. The molecule has 2 N–H and O–H groups in total. The summed E-state index contributed by atoms with van der Waals surface area (Å²) in [7, 11) is -3.00. The van der Waals surface area contributed by atoms with Gasteiger partial charge in [0, 0.05) is 12.3 Å². The Hall–Kier alpha value is 0.150. The monoisotopic (exact) mass is 222 g/mol. The van der Waals surface area contributed by atoms with E-state index in [1.807, 2.05) is 0 Å². The lowest BCUT2D eigenvalue weighted by Gasteiger charge is -2.09. The van der Waals surface area contributed by atoms with E-state index in [1.165, 1.54) is 19.3 Å². The van der Waals surface area contributed by atoms with Gasteiger partial charge in [0.2, 0.25) is 7.37 Å². The number of hydrogen-bond acceptors (Lipinski definition) is 2. The first-order valence-electron chi connectivity index (χ1n) is 5.54. The SMILES string of the molecule is CCCCCCCCP(=O)(O)CCO. The average molecular weight is 222 g/mol. The van der Waals surface area contributed by atoms with Gasteiger partial charge in [-0.3, -0.25) is 4.57 Å². The Bertz CT molecular complexity index is 171. The van der Waals surface area contributed by atoms with Crippen LogP contribution in [0.15, 0.2) is 0 Å². The van der Waals surface area contributed by atoms with Crippen molar-refractivity contribution in [2.24, 2.45) is 0 Å². The van der Waals surface area contributed by atoms with E-state index >= 15 is 0 Å². The number of rotatable bonds is 9. The van der Waals surface area contributed by atoms with Crippen LogP contribution in [0, 0.1) is 0 Å². The largest absolute Gasteiger partial charge is 0.396 e. The van der Waals surface area contributed by atoms with Crippen LogP contribution in [0.2, 0.25) is 0 Å². The van der Waals surface area contributed by atoms with Gasteiger partial charge in [0.05, 0.1) is 6.61 Å².